The van der Waals surface area contributed by atoms with E-state index in [0.29, 0.717) is 0 Å². The topological polar surface area (TPSA) is 46.2 Å². The predicted octanol–water partition coefficient (Wildman–Crippen LogP) is 0.423. The maximum atomic E-state index is 10.9. The second kappa shape index (κ2) is 6.01. The Labute approximate surface area is 80.8 Å². The number of hydrogen-bond donors (Lipinski definition) is 1. The Hall–Kier alpha value is -0.530. The molecule has 0 aromatic carbocycles. The van der Waals surface area contributed by atoms with Crippen molar-refractivity contribution in [1.82, 2.24) is 5.32 Å². The van der Waals surface area contributed by atoms with E-state index >= 15 is 0 Å². The molecule has 0 aliphatic carbocycles. The van der Waals surface area contributed by atoms with Gasteiger partial charge in [0.05, 0.1) is 5.75 Å². The Morgan fingerprint density at radius 1 is 1.46 bits per heavy atom. The van der Waals surface area contributed by atoms with Crippen LogP contribution in [0.15, 0.2) is 0 Å². The van der Waals surface area contributed by atoms with Crippen LogP contribution in [-0.4, -0.2) is 33.0 Å². The van der Waals surface area contributed by atoms with Crippen molar-refractivity contribution in [2.24, 2.45) is 0 Å². The van der Waals surface area contributed by atoms with Crippen molar-refractivity contribution in [3.8, 4) is 11.8 Å². The van der Waals surface area contributed by atoms with Crippen molar-refractivity contribution in [3.63, 3.8) is 0 Å². The second-order valence-electron chi connectivity index (χ2n) is 3.12. The molecule has 0 aliphatic rings. The lowest BCUT2D eigenvalue weighted by atomic mass is 10.3. The summed E-state index contributed by atoms with van der Waals surface area (Å²) in [7, 11) is -2.86. The molecule has 1 atom stereocenters. The highest BCUT2D eigenvalue weighted by molar-refractivity contribution is 7.90. The van der Waals surface area contributed by atoms with E-state index < -0.39 is 9.84 Å². The summed E-state index contributed by atoms with van der Waals surface area (Å²) in [4.78, 5) is 0. The van der Waals surface area contributed by atoms with E-state index in [2.05, 4.69) is 17.2 Å². The summed E-state index contributed by atoms with van der Waals surface area (Å²) < 4.78 is 21.7. The molecule has 0 aliphatic heterocycles. The molecule has 0 aromatic heterocycles. The van der Waals surface area contributed by atoms with Crippen LogP contribution in [0.2, 0.25) is 0 Å². The zero-order chi connectivity index (χ0) is 10.3. The number of hydrogen-bond acceptors (Lipinski definition) is 3. The van der Waals surface area contributed by atoms with Crippen molar-refractivity contribution in [1.29, 1.82) is 0 Å². The largest absolute Gasteiger partial charge is 0.312 e. The second-order valence-corrected chi connectivity index (χ2v) is 5.31. The number of nitrogens with one attached hydrogen (secondary N) is 1. The Kier molecular flexibility index (Phi) is 5.76. The predicted molar refractivity (Wildman–Crippen MR) is 55.2 cm³/mol. The van der Waals surface area contributed by atoms with Crippen LogP contribution >= 0.6 is 0 Å². The summed E-state index contributed by atoms with van der Waals surface area (Å²) >= 11 is 0. The monoisotopic (exact) mass is 203 g/mol. The molecule has 1 N–H and O–H groups in total. The third-order valence-electron chi connectivity index (χ3n) is 1.47. The lowest BCUT2D eigenvalue weighted by Crippen LogP contribution is -2.33. The maximum Gasteiger partial charge on any atom is 0.148 e. The Morgan fingerprint density at radius 3 is 2.54 bits per heavy atom. The molecule has 0 saturated carbocycles. The van der Waals surface area contributed by atoms with E-state index in [1.54, 1.807) is 6.92 Å². The first-order valence-electron chi connectivity index (χ1n) is 4.26. The van der Waals surface area contributed by atoms with Crippen molar-refractivity contribution >= 4 is 9.84 Å². The smallest absolute Gasteiger partial charge is 0.148 e. The lowest BCUT2D eigenvalue weighted by Gasteiger charge is -2.10. The normalized spacial score (nSPS) is 13.2. The van der Waals surface area contributed by atoms with Crippen LogP contribution in [0.5, 0.6) is 0 Å². The van der Waals surface area contributed by atoms with Crippen LogP contribution in [0.25, 0.3) is 0 Å². The van der Waals surface area contributed by atoms with Gasteiger partial charge in [0.2, 0.25) is 0 Å². The van der Waals surface area contributed by atoms with Gasteiger partial charge >= 0.3 is 0 Å². The number of sulfone groups is 1. The minimum Gasteiger partial charge on any atom is -0.312 e. The van der Waals surface area contributed by atoms with Gasteiger partial charge in [0.1, 0.15) is 9.84 Å². The molecular formula is C9H17NO2S. The van der Waals surface area contributed by atoms with Gasteiger partial charge in [0, 0.05) is 25.3 Å². The summed E-state index contributed by atoms with van der Waals surface area (Å²) in [6, 6.07) is 0.00801. The molecule has 0 fully saturated rings. The summed E-state index contributed by atoms with van der Waals surface area (Å²) in [6.45, 7) is 4.40. The van der Waals surface area contributed by atoms with Gasteiger partial charge in [-0.15, -0.1) is 11.8 Å². The highest BCUT2D eigenvalue weighted by atomic mass is 32.2. The molecule has 3 nitrogen and oxygen atoms in total. The summed E-state index contributed by atoms with van der Waals surface area (Å²) in [5.74, 6) is 5.87. The van der Waals surface area contributed by atoms with Gasteiger partial charge in [0.15, 0.2) is 0 Å². The minimum absolute atomic E-state index is 0.00801. The first-order valence-corrected chi connectivity index (χ1v) is 6.32. The van der Waals surface area contributed by atoms with Crippen LogP contribution in [0.3, 0.4) is 0 Å². The quantitative estimate of drug-likeness (QED) is 0.520. The fourth-order valence-corrected chi connectivity index (χ4v) is 2.05. The zero-order valence-corrected chi connectivity index (χ0v) is 9.24. The highest BCUT2D eigenvalue weighted by Crippen LogP contribution is 1.89. The fourth-order valence-electron chi connectivity index (χ4n) is 1.02. The molecule has 0 aromatic rings. The van der Waals surface area contributed by atoms with Crippen LogP contribution in [-0.2, 0) is 9.84 Å². The van der Waals surface area contributed by atoms with Crippen molar-refractivity contribution < 1.29 is 8.42 Å². The fraction of sp³-hybridized carbons (Fsp3) is 0.778. The lowest BCUT2D eigenvalue weighted by molar-refractivity contribution is 0.565. The van der Waals surface area contributed by atoms with Crippen LogP contribution in [0, 0.1) is 11.8 Å². The molecule has 0 saturated heterocycles. The molecule has 0 bridgehead atoms. The molecule has 76 valence electrons. The molecule has 0 rings (SSSR count). The first kappa shape index (κ1) is 12.5. The highest BCUT2D eigenvalue weighted by Gasteiger charge is 2.08. The average Bonchev–Trinajstić information content (AvgIpc) is 1.94. The zero-order valence-electron chi connectivity index (χ0n) is 8.42. The standard InChI is InChI=1S/C9H17NO2S/c1-4-5-6-7-10-9(2)8-13(3,11)12/h9-10H,6-8H2,1-3H3. The molecule has 0 radical (unpaired) electrons. The van der Waals surface area contributed by atoms with E-state index in [9.17, 15) is 8.42 Å². The van der Waals surface area contributed by atoms with E-state index in [4.69, 9.17) is 0 Å². The van der Waals surface area contributed by atoms with Gasteiger partial charge in [-0.05, 0) is 13.8 Å². The summed E-state index contributed by atoms with van der Waals surface area (Å²) in [5, 5.41) is 3.09. The van der Waals surface area contributed by atoms with Crippen LogP contribution in [0.4, 0.5) is 0 Å². The third kappa shape index (κ3) is 9.38. The molecule has 0 spiro atoms. The Balaban J connectivity index is 3.62. The number of rotatable bonds is 5. The minimum atomic E-state index is -2.86. The van der Waals surface area contributed by atoms with Crippen molar-refractivity contribution in [2.75, 3.05) is 18.6 Å². The van der Waals surface area contributed by atoms with Crippen LogP contribution < -0.4 is 5.32 Å². The van der Waals surface area contributed by atoms with Gasteiger partial charge in [0.25, 0.3) is 0 Å². The molecular weight excluding hydrogens is 186 g/mol. The van der Waals surface area contributed by atoms with Gasteiger partial charge in [-0.25, -0.2) is 8.42 Å². The van der Waals surface area contributed by atoms with Gasteiger partial charge in [-0.3, -0.25) is 0 Å². The van der Waals surface area contributed by atoms with Gasteiger partial charge < -0.3 is 5.32 Å². The summed E-state index contributed by atoms with van der Waals surface area (Å²) in [6.07, 6.45) is 2.02. The molecule has 0 amide bonds. The van der Waals surface area contributed by atoms with Gasteiger partial charge in [-0.2, -0.15) is 0 Å². The average molecular weight is 203 g/mol. The van der Waals surface area contributed by atoms with Gasteiger partial charge in [-0.1, -0.05) is 0 Å². The SMILES string of the molecule is CC#CCCNC(C)CS(C)(=O)=O. The van der Waals surface area contributed by atoms with Crippen molar-refractivity contribution in [3.05, 3.63) is 0 Å². The third-order valence-corrected chi connectivity index (χ3v) is 2.58. The van der Waals surface area contributed by atoms with E-state index in [1.165, 1.54) is 6.26 Å². The Morgan fingerprint density at radius 2 is 2.08 bits per heavy atom. The Bertz CT molecular complexity index is 284. The molecule has 0 heterocycles. The molecule has 13 heavy (non-hydrogen) atoms. The van der Waals surface area contributed by atoms with E-state index in [-0.39, 0.29) is 11.8 Å². The van der Waals surface area contributed by atoms with E-state index in [0.717, 1.165) is 13.0 Å². The van der Waals surface area contributed by atoms with E-state index in [1.807, 2.05) is 6.92 Å². The molecule has 1 unspecified atom stereocenters. The maximum absolute atomic E-state index is 10.9. The summed E-state index contributed by atoms with van der Waals surface area (Å²) in [5.41, 5.74) is 0. The van der Waals surface area contributed by atoms with Crippen molar-refractivity contribution in [2.45, 2.75) is 26.3 Å². The first-order chi connectivity index (χ1) is 5.95. The molecule has 4 heteroatoms. The van der Waals surface area contributed by atoms with Crippen LogP contribution in [0.1, 0.15) is 20.3 Å².